The van der Waals surface area contributed by atoms with E-state index in [1.54, 1.807) is 16.4 Å². The molecule has 0 radical (unpaired) electrons. The van der Waals surface area contributed by atoms with Crippen LogP contribution in [0.2, 0.25) is 0 Å². The van der Waals surface area contributed by atoms with Gasteiger partial charge in [0.15, 0.2) is 0 Å². The second kappa shape index (κ2) is 5.12. The number of rotatable bonds is 4. The predicted molar refractivity (Wildman–Crippen MR) is 64.8 cm³/mol. The molecule has 0 N–H and O–H groups in total. The average molecular weight is 234 g/mol. The molecular formula is C11H14N4S. The lowest BCUT2D eigenvalue weighted by atomic mass is 10.3. The number of nitrogens with zero attached hydrogens (tertiary/aromatic N) is 4. The molecule has 0 amide bonds. The second-order valence-electron chi connectivity index (χ2n) is 3.55. The summed E-state index contributed by atoms with van der Waals surface area (Å²) in [6, 6.07) is 9.94. The average Bonchev–Trinajstić information content (AvgIpc) is 2.78. The van der Waals surface area contributed by atoms with E-state index in [0.29, 0.717) is 5.25 Å². The standard InChI is InChI=1S/C11H14N4S/c1-3-9(2)16-11-12-13-14-15(11)10-7-5-4-6-8-10/h4-9H,3H2,1-2H3. The molecule has 0 spiro atoms. The van der Waals surface area contributed by atoms with Crippen LogP contribution in [0.3, 0.4) is 0 Å². The first-order valence-electron chi connectivity index (χ1n) is 5.31. The SMILES string of the molecule is CCC(C)Sc1nnnn1-c1ccccc1. The number of hydrogen-bond donors (Lipinski definition) is 0. The summed E-state index contributed by atoms with van der Waals surface area (Å²) in [5, 5.41) is 13.2. The molecule has 0 saturated heterocycles. The molecule has 1 aromatic carbocycles. The van der Waals surface area contributed by atoms with Crippen molar-refractivity contribution in [3.05, 3.63) is 30.3 Å². The predicted octanol–water partition coefficient (Wildman–Crippen LogP) is 2.55. The van der Waals surface area contributed by atoms with Gasteiger partial charge in [-0.2, -0.15) is 4.68 Å². The summed E-state index contributed by atoms with van der Waals surface area (Å²) in [5.74, 6) is 0. The van der Waals surface area contributed by atoms with E-state index in [9.17, 15) is 0 Å². The highest BCUT2D eigenvalue weighted by molar-refractivity contribution is 7.99. The molecular weight excluding hydrogens is 220 g/mol. The van der Waals surface area contributed by atoms with Crippen molar-refractivity contribution in [3.63, 3.8) is 0 Å². The first-order chi connectivity index (χ1) is 7.81. The molecule has 0 saturated carbocycles. The van der Waals surface area contributed by atoms with Crippen LogP contribution in [-0.4, -0.2) is 25.5 Å². The summed E-state index contributed by atoms with van der Waals surface area (Å²) in [6.07, 6.45) is 1.10. The Morgan fingerprint density at radius 3 is 2.75 bits per heavy atom. The second-order valence-corrected chi connectivity index (χ2v) is 4.95. The molecule has 0 aliphatic heterocycles. The lowest BCUT2D eigenvalue weighted by molar-refractivity contribution is 0.753. The van der Waals surface area contributed by atoms with Gasteiger partial charge in [0, 0.05) is 5.25 Å². The fourth-order valence-electron chi connectivity index (χ4n) is 1.25. The van der Waals surface area contributed by atoms with Crippen LogP contribution >= 0.6 is 11.8 Å². The highest BCUT2D eigenvalue weighted by atomic mass is 32.2. The van der Waals surface area contributed by atoms with Crippen molar-refractivity contribution in [1.29, 1.82) is 0 Å². The van der Waals surface area contributed by atoms with Crippen LogP contribution in [0, 0.1) is 0 Å². The van der Waals surface area contributed by atoms with E-state index in [1.165, 1.54) is 0 Å². The maximum absolute atomic E-state index is 4.05. The third-order valence-corrected chi connectivity index (χ3v) is 3.52. The number of benzene rings is 1. The Labute approximate surface area is 99.1 Å². The monoisotopic (exact) mass is 234 g/mol. The van der Waals surface area contributed by atoms with Gasteiger partial charge in [-0.05, 0) is 29.0 Å². The van der Waals surface area contributed by atoms with Crippen molar-refractivity contribution in [2.24, 2.45) is 0 Å². The molecule has 1 heterocycles. The largest absolute Gasteiger partial charge is 0.214 e. The van der Waals surface area contributed by atoms with Gasteiger partial charge in [0.1, 0.15) is 0 Å². The molecule has 1 atom stereocenters. The number of aromatic nitrogens is 4. The van der Waals surface area contributed by atoms with E-state index in [0.717, 1.165) is 17.3 Å². The summed E-state index contributed by atoms with van der Waals surface area (Å²) in [7, 11) is 0. The summed E-state index contributed by atoms with van der Waals surface area (Å²) < 4.78 is 1.77. The van der Waals surface area contributed by atoms with Crippen molar-refractivity contribution < 1.29 is 0 Å². The molecule has 0 bridgehead atoms. The number of hydrogen-bond acceptors (Lipinski definition) is 4. The smallest absolute Gasteiger partial charge is 0.188 e. The first kappa shape index (κ1) is 11.1. The zero-order valence-electron chi connectivity index (χ0n) is 9.37. The Bertz CT molecular complexity index is 440. The zero-order valence-corrected chi connectivity index (χ0v) is 10.2. The van der Waals surface area contributed by atoms with Crippen LogP contribution in [-0.2, 0) is 0 Å². The van der Waals surface area contributed by atoms with Crippen molar-refractivity contribution in [1.82, 2.24) is 20.2 Å². The van der Waals surface area contributed by atoms with Gasteiger partial charge < -0.3 is 0 Å². The van der Waals surface area contributed by atoms with E-state index < -0.39 is 0 Å². The van der Waals surface area contributed by atoms with Crippen molar-refractivity contribution in [2.45, 2.75) is 30.7 Å². The molecule has 2 aromatic rings. The van der Waals surface area contributed by atoms with Crippen LogP contribution in [0.1, 0.15) is 20.3 Å². The molecule has 84 valence electrons. The van der Waals surface area contributed by atoms with Gasteiger partial charge in [-0.15, -0.1) is 5.10 Å². The highest BCUT2D eigenvalue weighted by Crippen LogP contribution is 2.23. The van der Waals surface area contributed by atoms with E-state index >= 15 is 0 Å². The van der Waals surface area contributed by atoms with Crippen LogP contribution in [0.5, 0.6) is 0 Å². The minimum Gasteiger partial charge on any atom is -0.188 e. The summed E-state index contributed by atoms with van der Waals surface area (Å²) in [5.41, 5.74) is 0.998. The third kappa shape index (κ3) is 2.41. The minimum absolute atomic E-state index is 0.522. The van der Waals surface area contributed by atoms with E-state index in [-0.39, 0.29) is 0 Å². The normalized spacial score (nSPS) is 12.6. The minimum atomic E-state index is 0.522. The third-order valence-electron chi connectivity index (χ3n) is 2.32. The summed E-state index contributed by atoms with van der Waals surface area (Å²) in [6.45, 7) is 4.34. The fourth-order valence-corrected chi connectivity index (χ4v) is 2.10. The van der Waals surface area contributed by atoms with Gasteiger partial charge in [-0.25, -0.2) is 0 Å². The maximum atomic E-state index is 4.05. The van der Waals surface area contributed by atoms with Gasteiger partial charge in [-0.1, -0.05) is 43.8 Å². The molecule has 4 nitrogen and oxygen atoms in total. The lowest BCUT2D eigenvalue weighted by Gasteiger charge is -2.07. The first-order valence-corrected chi connectivity index (χ1v) is 6.19. The Morgan fingerprint density at radius 1 is 1.31 bits per heavy atom. The molecule has 0 aliphatic rings. The molecule has 2 rings (SSSR count). The molecule has 1 unspecified atom stereocenters. The molecule has 0 aliphatic carbocycles. The maximum Gasteiger partial charge on any atom is 0.214 e. The van der Waals surface area contributed by atoms with Gasteiger partial charge in [0.2, 0.25) is 5.16 Å². The Morgan fingerprint density at radius 2 is 2.06 bits per heavy atom. The van der Waals surface area contributed by atoms with Crippen LogP contribution < -0.4 is 0 Å². The molecule has 5 heteroatoms. The lowest BCUT2D eigenvalue weighted by Crippen LogP contribution is -2.01. The van der Waals surface area contributed by atoms with Crippen LogP contribution in [0.4, 0.5) is 0 Å². The number of thioether (sulfide) groups is 1. The van der Waals surface area contributed by atoms with Crippen molar-refractivity contribution in [2.75, 3.05) is 0 Å². The number of para-hydroxylation sites is 1. The van der Waals surface area contributed by atoms with Crippen molar-refractivity contribution in [3.8, 4) is 5.69 Å². The van der Waals surface area contributed by atoms with Gasteiger partial charge >= 0.3 is 0 Å². The quantitative estimate of drug-likeness (QED) is 0.763. The Balaban J connectivity index is 2.26. The Hall–Kier alpha value is -1.36. The van der Waals surface area contributed by atoms with Gasteiger partial charge in [0.05, 0.1) is 5.69 Å². The zero-order chi connectivity index (χ0) is 11.4. The molecule has 16 heavy (non-hydrogen) atoms. The summed E-state index contributed by atoms with van der Waals surface area (Å²) >= 11 is 1.70. The number of tetrazole rings is 1. The molecule has 1 aromatic heterocycles. The Kier molecular flexibility index (Phi) is 3.56. The van der Waals surface area contributed by atoms with Crippen LogP contribution in [0.15, 0.2) is 35.5 Å². The summed E-state index contributed by atoms with van der Waals surface area (Å²) in [4.78, 5) is 0. The fraction of sp³-hybridized carbons (Fsp3) is 0.364. The van der Waals surface area contributed by atoms with E-state index in [1.807, 2.05) is 30.3 Å². The topological polar surface area (TPSA) is 43.6 Å². The van der Waals surface area contributed by atoms with E-state index in [2.05, 4.69) is 29.4 Å². The van der Waals surface area contributed by atoms with Gasteiger partial charge in [0.25, 0.3) is 0 Å². The molecule has 0 fully saturated rings. The highest BCUT2D eigenvalue weighted by Gasteiger charge is 2.11. The van der Waals surface area contributed by atoms with E-state index in [4.69, 9.17) is 0 Å². The van der Waals surface area contributed by atoms with Crippen LogP contribution in [0.25, 0.3) is 5.69 Å². The van der Waals surface area contributed by atoms with Crippen molar-refractivity contribution >= 4 is 11.8 Å². The van der Waals surface area contributed by atoms with Gasteiger partial charge in [-0.3, -0.25) is 0 Å².